The van der Waals surface area contributed by atoms with Gasteiger partial charge in [-0.3, -0.25) is 4.57 Å². The average Bonchev–Trinajstić information content (AvgIpc) is 2.89. The van der Waals surface area contributed by atoms with Crippen molar-refractivity contribution < 1.29 is 27.6 Å². The van der Waals surface area contributed by atoms with E-state index in [9.17, 15) is 9.36 Å². The van der Waals surface area contributed by atoms with Crippen LogP contribution in [0.2, 0.25) is 0 Å². The van der Waals surface area contributed by atoms with Gasteiger partial charge in [-0.05, 0) is 32.9 Å². The Kier molecular flexibility index (Phi) is 6.71. The van der Waals surface area contributed by atoms with Crippen LogP contribution >= 0.6 is 7.60 Å². The molecule has 0 atom stereocenters. The first-order chi connectivity index (χ1) is 9.57. The van der Waals surface area contributed by atoms with Crippen LogP contribution in [-0.4, -0.2) is 25.8 Å². The summed E-state index contributed by atoms with van der Waals surface area (Å²) in [5.74, 6) is -0.723. The molecule has 0 saturated carbocycles. The van der Waals surface area contributed by atoms with Gasteiger partial charge in [0.2, 0.25) is 0 Å². The van der Waals surface area contributed by atoms with E-state index in [4.69, 9.17) is 18.2 Å². The average molecular weight is 302 g/mol. The van der Waals surface area contributed by atoms with Crippen molar-refractivity contribution >= 4 is 19.6 Å². The number of furan rings is 1. The third-order valence-corrected chi connectivity index (χ3v) is 4.32. The van der Waals surface area contributed by atoms with E-state index >= 15 is 0 Å². The van der Waals surface area contributed by atoms with E-state index in [-0.39, 0.29) is 25.1 Å². The normalized spacial score (nSPS) is 12.4. The van der Waals surface area contributed by atoms with Crippen molar-refractivity contribution in [2.45, 2.75) is 20.8 Å². The minimum Gasteiger partial charge on any atom is -0.472 e. The summed E-state index contributed by atoms with van der Waals surface area (Å²) in [4.78, 5) is 12.0. The first-order valence-electron chi connectivity index (χ1n) is 6.38. The fourth-order valence-electron chi connectivity index (χ4n) is 1.49. The molecular weight excluding hydrogens is 283 g/mol. The summed E-state index contributed by atoms with van der Waals surface area (Å²) in [6.45, 7) is 5.48. The molecule has 0 aliphatic carbocycles. The molecule has 7 heteroatoms. The number of rotatable bonds is 8. The molecule has 1 aromatic rings. The summed E-state index contributed by atoms with van der Waals surface area (Å²) in [5.41, 5.74) is 0.577. The quantitative estimate of drug-likeness (QED) is 0.416. The molecule has 0 unspecified atom stereocenters. The second kappa shape index (κ2) is 8.04. The summed E-state index contributed by atoms with van der Waals surface area (Å²) in [7, 11) is -3.71. The van der Waals surface area contributed by atoms with E-state index < -0.39 is 13.6 Å². The van der Waals surface area contributed by atoms with E-state index in [1.165, 1.54) is 18.6 Å². The minimum atomic E-state index is -3.71. The first-order valence-corrected chi connectivity index (χ1v) is 7.92. The predicted octanol–water partition coefficient (Wildman–Crippen LogP) is 3.45. The van der Waals surface area contributed by atoms with E-state index in [0.29, 0.717) is 5.56 Å². The molecule has 0 N–H and O–H groups in total. The van der Waals surface area contributed by atoms with Gasteiger partial charge in [0, 0.05) is 5.56 Å². The minimum absolute atomic E-state index is 0.135. The fourth-order valence-corrected chi connectivity index (χ4v) is 3.11. The van der Waals surface area contributed by atoms with Crippen molar-refractivity contribution in [2.24, 2.45) is 0 Å². The number of carbonyl (C=O) groups excluding carboxylic acids is 1. The second-order valence-corrected chi connectivity index (χ2v) is 5.63. The van der Waals surface area contributed by atoms with Gasteiger partial charge in [0.05, 0.1) is 32.3 Å². The number of esters is 1. The number of carbonyl (C=O) groups is 1. The van der Waals surface area contributed by atoms with Crippen LogP contribution in [0.4, 0.5) is 0 Å². The maximum absolute atomic E-state index is 12.7. The summed E-state index contributed by atoms with van der Waals surface area (Å²) < 4.78 is 32.9. The number of hydrogen-bond donors (Lipinski definition) is 0. The molecule has 0 spiro atoms. The molecule has 0 aromatic carbocycles. The Hall–Kier alpha value is -1.36. The highest BCUT2D eigenvalue weighted by molar-refractivity contribution is 7.60. The fraction of sp³-hybridized carbons (Fsp3) is 0.462. The van der Waals surface area contributed by atoms with Gasteiger partial charge in [-0.25, -0.2) is 4.79 Å². The SMILES string of the molecule is CCOC(=O)C(=Cc1ccoc1)P(=O)(OCC)OCC. The first kappa shape index (κ1) is 16.7. The van der Waals surface area contributed by atoms with Crippen molar-refractivity contribution in [1.29, 1.82) is 0 Å². The molecular formula is C13H19O6P. The number of hydrogen-bond acceptors (Lipinski definition) is 6. The Labute approximate surface area is 118 Å². The van der Waals surface area contributed by atoms with E-state index in [1.54, 1.807) is 26.8 Å². The molecule has 0 fully saturated rings. The summed E-state index contributed by atoms with van der Waals surface area (Å²) in [6.07, 6.45) is 4.26. The van der Waals surface area contributed by atoms with Crippen molar-refractivity contribution in [3.05, 3.63) is 29.5 Å². The second-order valence-electron chi connectivity index (χ2n) is 3.64. The van der Waals surface area contributed by atoms with Gasteiger partial charge in [0.15, 0.2) is 0 Å². The van der Waals surface area contributed by atoms with Crippen LogP contribution in [0, 0.1) is 0 Å². The Morgan fingerprint density at radius 1 is 1.25 bits per heavy atom. The van der Waals surface area contributed by atoms with Crippen molar-refractivity contribution in [2.75, 3.05) is 19.8 Å². The molecule has 1 heterocycles. The van der Waals surface area contributed by atoms with Crippen LogP contribution in [0.1, 0.15) is 26.3 Å². The van der Waals surface area contributed by atoms with Crippen LogP contribution < -0.4 is 0 Å². The molecule has 1 aromatic heterocycles. The molecule has 20 heavy (non-hydrogen) atoms. The Morgan fingerprint density at radius 2 is 1.90 bits per heavy atom. The van der Waals surface area contributed by atoms with E-state index in [2.05, 4.69) is 0 Å². The van der Waals surface area contributed by atoms with E-state index in [0.717, 1.165) is 0 Å². The maximum atomic E-state index is 12.7. The molecule has 6 nitrogen and oxygen atoms in total. The van der Waals surface area contributed by atoms with Crippen molar-refractivity contribution in [3.63, 3.8) is 0 Å². The van der Waals surface area contributed by atoms with Crippen LogP contribution in [0.15, 0.2) is 28.3 Å². The lowest BCUT2D eigenvalue weighted by Gasteiger charge is -2.18. The molecule has 0 radical (unpaired) electrons. The van der Waals surface area contributed by atoms with Gasteiger partial charge in [0.25, 0.3) is 0 Å². The summed E-state index contributed by atoms with van der Waals surface area (Å²) in [5, 5.41) is -0.135. The van der Waals surface area contributed by atoms with Gasteiger partial charge >= 0.3 is 13.6 Å². The van der Waals surface area contributed by atoms with Gasteiger partial charge in [-0.15, -0.1) is 0 Å². The van der Waals surface area contributed by atoms with Crippen molar-refractivity contribution in [3.8, 4) is 0 Å². The monoisotopic (exact) mass is 302 g/mol. The van der Waals surface area contributed by atoms with Gasteiger partial charge in [-0.2, -0.15) is 0 Å². The molecule has 112 valence electrons. The lowest BCUT2D eigenvalue weighted by molar-refractivity contribution is -0.137. The molecule has 0 bridgehead atoms. The lowest BCUT2D eigenvalue weighted by Crippen LogP contribution is -2.11. The molecule has 0 aliphatic rings. The smallest absolute Gasteiger partial charge is 0.368 e. The highest BCUT2D eigenvalue weighted by Crippen LogP contribution is 2.57. The molecule has 0 saturated heterocycles. The largest absolute Gasteiger partial charge is 0.472 e. The standard InChI is InChI=1S/C13H19O6P/c1-4-17-13(14)12(9-11-7-8-16-10-11)20(15,18-5-2)19-6-3/h7-10H,4-6H2,1-3H3. The lowest BCUT2D eigenvalue weighted by atomic mass is 10.3. The summed E-state index contributed by atoms with van der Waals surface area (Å²) in [6, 6.07) is 1.63. The van der Waals surface area contributed by atoms with Crippen LogP contribution in [0.25, 0.3) is 6.08 Å². The van der Waals surface area contributed by atoms with Gasteiger partial charge in [-0.1, -0.05) is 0 Å². The van der Waals surface area contributed by atoms with Crippen LogP contribution in [-0.2, 0) is 23.1 Å². The number of ether oxygens (including phenoxy) is 1. The Balaban J connectivity index is 3.20. The van der Waals surface area contributed by atoms with E-state index in [1.807, 2.05) is 0 Å². The topological polar surface area (TPSA) is 75.0 Å². The van der Waals surface area contributed by atoms with Crippen molar-refractivity contribution in [1.82, 2.24) is 0 Å². The highest BCUT2D eigenvalue weighted by Gasteiger charge is 2.36. The third-order valence-electron chi connectivity index (χ3n) is 2.22. The Bertz CT molecular complexity index is 481. The maximum Gasteiger partial charge on any atom is 0.368 e. The van der Waals surface area contributed by atoms with Crippen LogP contribution in [0.5, 0.6) is 0 Å². The predicted molar refractivity (Wildman–Crippen MR) is 74.2 cm³/mol. The van der Waals surface area contributed by atoms with Gasteiger partial charge in [0.1, 0.15) is 5.31 Å². The van der Waals surface area contributed by atoms with Gasteiger partial charge < -0.3 is 18.2 Å². The zero-order valence-electron chi connectivity index (χ0n) is 11.8. The summed E-state index contributed by atoms with van der Waals surface area (Å²) >= 11 is 0. The Morgan fingerprint density at radius 3 is 2.35 bits per heavy atom. The highest BCUT2D eigenvalue weighted by atomic mass is 31.2. The molecule has 1 rings (SSSR count). The third kappa shape index (κ3) is 4.34. The zero-order chi connectivity index (χ0) is 15.0. The zero-order valence-corrected chi connectivity index (χ0v) is 12.7. The molecule has 0 amide bonds. The molecule has 0 aliphatic heterocycles. The van der Waals surface area contributed by atoms with Crippen LogP contribution in [0.3, 0.4) is 0 Å².